The largest absolute Gasteiger partial charge is 0.494 e. The van der Waals surface area contributed by atoms with E-state index in [2.05, 4.69) is 24.8 Å². The fourth-order valence-corrected chi connectivity index (χ4v) is 4.53. The molecule has 1 heterocycles. The van der Waals surface area contributed by atoms with E-state index in [1.165, 1.54) is 0 Å². The molecule has 172 valence electrons. The molecular formula is C28H24O5S. The highest BCUT2D eigenvalue weighted by atomic mass is 32.1. The van der Waals surface area contributed by atoms with Gasteiger partial charge in [0.25, 0.3) is 0 Å². The minimum atomic E-state index is -0.920. The highest BCUT2D eigenvalue weighted by Crippen LogP contribution is 2.36. The van der Waals surface area contributed by atoms with E-state index >= 15 is 0 Å². The number of hydrogen-bond donors (Lipinski definition) is 1. The lowest BCUT2D eigenvalue weighted by Gasteiger charge is -2.07. The van der Waals surface area contributed by atoms with Crippen molar-refractivity contribution >= 4 is 34.0 Å². The number of fused-ring (bicyclic) bond motifs is 1. The van der Waals surface area contributed by atoms with E-state index in [0.29, 0.717) is 18.8 Å². The Morgan fingerprint density at radius 2 is 1.47 bits per heavy atom. The zero-order valence-electron chi connectivity index (χ0n) is 18.5. The first-order valence-corrected chi connectivity index (χ1v) is 11.7. The first kappa shape index (κ1) is 23.3. The van der Waals surface area contributed by atoms with Gasteiger partial charge in [-0.3, -0.25) is 0 Å². The maximum atomic E-state index is 11.2. The van der Waals surface area contributed by atoms with Crippen molar-refractivity contribution in [3.8, 4) is 26.6 Å². The molecule has 4 rings (SSSR count). The molecule has 1 aromatic heterocycles. The van der Waals surface area contributed by atoms with Gasteiger partial charge >= 0.3 is 11.9 Å². The summed E-state index contributed by atoms with van der Waals surface area (Å²) in [4.78, 5) is 24.5. The molecule has 0 amide bonds. The maximum absolute atomic E-state index is 11.2. The van der Waals surface area contributed by atoms with Crippen LogP contribution in [-0.2, 0) is 9.53 Å². The van der Waals surface area contributed by atoms with Crippen LogP contribution in [0.25, 0.3) is 31.7 Å². The van der Waals surface area contributed by atoms with Crippen molar-refractivity contribution in [3.05, 3.63) is 91.0 Å². The highest BCUT2D eigenvalue weighted by molar-refractivity contribution is 7.18. The van der Waals surface area contributed by atoms with Gasteiger partial charge in [0.1, 0.15) is 5.75 Å². The van der Waals surface area contributed by atoms with Gasteiger partial charge in [0, 0.05) is 15.8 Å². The Bertz CT molecular complexity index is 1320. The summed E-state index contributed by atoms with van der Waals surface area (Å²) in [6.45, 7) is 4.29. The molecule has 0 unspecified atom stereocenters. The topological polar surface area (TPSA) is 72.8 Å². The number of hydrogen-bond acceptors (Lipinski definition) is 5. The molecule has 3 aromatic carbocycles. The molecule has 0 aliphatic heterocycles. The third-order valence-corrected chi connectivity index (χ3v) is 6.52. The van der Waals surface area contributed by atoms with Gasteiger partial charge in [-0.15, -0.1) is 11.3 Å². The number of thiophene rings is 1. The zero-order valence-corrected chi connectivity index (χ0v) is 19.3. The number of carbonyl (C=O) groups excluding carboxylic acids is 1. The van der Waals surface area contributed by atoms with E-state index in [1.807, 2.05) is 42.5 Å². The Morgan fingerprint density at radius 1 is 0.824 bits per heavy atom. The minimum absolute atomic E-state index is 0.292. The van der Waals surface area contributed by atoms with Crippen molar-refractivity contribution in [2.24, 2.45) is 0 Å². The van der Waals surface area contributed by atoms with Gasteiger partial charge in [-0.25, -0.2) is 9.59 Å². The smallest absolute Gasteiger partial charge is 0.335 e. The summed E-state index contributed by atoms with van der Waals surface area (Å²) in [6, 6.07) is 23.5. The number of aromatic carboxylic acids is 1. The number of esters is 1. The maximum Gasteiger partial charge on any atom is 0.335 e. The number of ether oxygens (including phenoxy) is 2. The highest BCUT2D eigenvalue weighted by Gasteiger charge is 2.08. The van der Waals surface area contributed by atoms with Crippen molar-refractivity contribution in [2.45, 2.75) is 12.8 Å². The van der Waals surface area contributed by atoms with Gasteiger partial charge in [-0.2, -0.15) is 0 Å². The van der Waals surface area contributed by atoms with Gasteiger partial charge in [0.2, 0.25) is 0 Å². The van der Waals surface area contributed by atoms with Crippen LogP contribution in [0.15, 0.2) is 85.5 Å². The molecule has 0 saturated carbocycles. The number of carboxylic acid groups (broad SMARTS) is 1. The van der Waals surface area contributed by atoms with Crippen molar-refractivity contribution in [1.29, 1.82) is 0 Å². The van der Waals surface area contributed by atoms with Crippen LogP contribution in [0, 0.1) is 0 Å². The molecule has 0 bridgehead atoms. The predicted octanol–water partition coefficient (Wildman–Crippen LogP) is 6.82. The van der Waals surface area contributed by atoms with E-state index in [1.54, 1.807) is 23.5 Å². The van der Waals surface area contributed by atoms with Crippen LogP contribution in [0.1, 0.15) is 23.2 Å². The molecule has 0 atom stereocenters. The number of rotatable bonds is 10. The Kier molecular flexibility index (Phi) is 7.40. The molecule has 6 heteroatoms. The second-order valence-corrected chi connectivity index (χ2v) is 8.78. The monoisotopic (exact) mass is 472 g/mol. The van der Waals surface area contributed by atoms with Crippen LogP contribution in [0.2, 0.25) is 0 Å². The Labute approximate surface area is 201 Å². The van der Waals surface area contributed by atoms with Crippen LogP contribution in [0.4, 0.5) is 0 Å². The average molecular weight is 473 g/mol. The van der Waals surface area contributed by atoms with Crippen molar-refractivity contribution in [1.82, 2.24) is 0 Å². The summed E-state index contributed by atoms with van der Waals surface area (Å²) in [6.07, 6.45) is 2.70. The normalized spacial score (nSPS) is 10.7. The molecular weight excluding hydrogens is 448 g/mol. The Morgan fingerprint density at radius 3 is 2.21 bits per heavy atom. The number of carbonyl (C=O) groups is 2. The third kappa shape index (κ3) is 5.71. The standard InChI is InChI=1S/C28H24O5S/c1-2-27(29)33-16-4-3-15-32-24-11-9-19(10-12-24)25-13-14-26(34-25)22-7-5-21-18-23(28(30)31)8-6-20(21)17-22/h2,5-14,17-18H,1,3-4,15-16H2,(H,30,31). The van der Waals surface area contributed by atoms with Crippen LogP contribution in [-0.4, -0.2) is 30.3 Å². The van der Waals surface area contributed by atoms with Crippen molar-refractivity contribution in [3.63, 3.8) is 0 Å². The average Bonchev–Trinajstić information content (AvgIpc) is 3.36. The molecule has 0 aliphatic rings. The molecule has 5 nitrogen and oxygen atoms in total. The third-order valence-electron chi connectivity index (χ3n) is 5.33. The second kappa shape index (κ2) is 10.8. The molecule has 0 fully saturated rings. The molecule has 0 saturated heterocycles. The van der Waals surface area contributed by atoms with Gasteiger partial charge in [-0.05, 0) is 89.3 Å². The summed E-state index contributed by atoms with van der Waals surface area (Å²) in [5.74, 6) is -0.515. The number of benzene rings is 3. The van der Waals surface area contributed by atoms with Crippen LogP contribution >= 0.6 is 11.3 Å². The predicted molar refractivity (Wildman–Crippen MR) is 136 cm³/mol. The van der Waals surface area contributed by atoms with Gasteiger partial charge in [-0.1, -0.05) is 24.8 Å². The van der Waals surface area contributed by atoms with E-state index in [-0.39, 0.29) is 0 Å². The molecule has 0 aliphatic carbocycles. The van der Waals surface area contributed by atoms with Crippen LogP contribution in [0.5, 0.6) is 5.75 Å². The van der Waals surface area contributed by atoms with Crippen LogP contribution < -0.4 is 4.74 Å². The molecule has 4 aromatic rings. The van der Waals surface area contributed by atoms with E-state index in [9.17, 15) is 14.7 Å². The molecule has 0 radical (unpaired) electrons. The first-order valence-electron chi connectivity index (χ1n) is 10.9. The summed E-state index contributed by atoms with van der Waals surface area (Å²) < 4.78 is 10.7. The SMILES string of the molecule is C=CC(=O)OCCCCOc1ccc(-c2ccc(-c3ccc4cc(C(=O)O)ccc4c3)s2)cc1. The van der Waals surface area contributed by atoms with E-state index < -0.39 is 11.9 Å². The van der Waals surface area contributed by atoms with Gasteiger partial charge < -0.3 is 14.6 Å². The number of unbranched alkanes of at least 4 members (excludes halogenated alkanes) is 1. The summed E-state index contributed by atoms with van der Waals surface area (Å²) in [5, 5.41) is 11.1. The fourth-order valence-electron chi connectivity index (χ4n) is 3.52. The minimum Gasteiger partial charge on any atom is -0.494 e. The van der Waals surface area contributed by atoms with E-state index in [4.69, 9.17) is 9.47 Å². The van der Waals surface area contributed by atoms with E-state index in [0.717, 1.165) is 56.3 Å². The second-order valence-electron chi connectivity index (χ2n) is 7.70. The molecule has 34 heavy (non-hydrogen) atoms. The van der Waals surface area contributed by atoms with Crippen LogP contribution in [0.3, 0.4) is 0 Å². The quantitative estimate of drug-likeness (QED) is 0.156. The summed E-state index contributed by atoms with van der Waals surface area (Å²) >= 11 is 1.71. The van der Waals surface area contributed by atoms with Gasteiger partial charge in [0.05, 0.1) is 18.8 Å². The van der Waals surface area contributed by atoms with Gasteiger partial charge in [0.15, 0.2) is 0 Å². The fraction of sp³-hybridized carbons (Fsp3) is 0.143. The zero-order chi connectivity index (χ0) is 23.9. The molecule has 1 N–H and O–H groups in total. The molecule has 0 spiro atoms. The number of carboxylic acids is 1. The lowest BCUT2D eigenvalue weighted by molar-refractivity contribution is -0.137. The Balaban J connectivity index is 1.36. The summed E-state index contributed by atoms with van der Waals surface area (Å²) in [7, 11) is 0. The van der Waals surface area contributed by atoms with Crippen molar-refractivity contribution in [2.75, 3.05) is 13.2 Å². The lowest BCUT2D eigenvalue weighted by atomic mass is 10.0. The van der Waals surface area contributed by atoms with Crippen molar-refractivity contribution < 1.29 is 24.2 Å². The summed E-state index contributed by atoms with van der Waals surface area (Å²) in [5.41, 5.74) is 2.51. The first-order chi connectivity index (χ1) is 16.5. The lowest BCUT2D eigenvalue weighted by Crippen LogP contribution is -2.04. The Hall–Kier alpha value is -3.90.